The molecule has 7 nitrogen and oxygen atoms in total. The Morgan fingerprint density at radius 2 is 2.20 bits per heavy atom. The van der Waals surface area contributed by atoms with Crippen molar-refractivity contribution in [3.63, 3.8) is 0 Å². The predicted molar refractivity (Wildman–Crippen MR) is 48.7 cm³/mol. The van der Waals surface area contributed by atoms with Crippen molar-refractivity contribution in [2.24, 2.45) is 0 Å². The maximum absolute atomic E-state index is 11.3. The minimum absolute atomic E-state index is 0.137. The molecular weight excluding hydrogens is 204 g/mol. The van der Waals surface area contributed by atoms with Gasteiger partial charge in [0, 0.05) is 19.2 Å². The van der Waals surface area contributed by atoms with E-state index >= 15 is 0 Å². The summed E-state index contributed by atoms with van der Waals surface area (Å²) in [6.45, 7) is 0. The molecule has 1 unspecified atom stereocenters. The van der Waals surface area contributed by atoms with Crippen LogP contribution in [0.3, 0.4) is 0 Å². The molecule has 1 rings (SSSR count). The van der Waals surface area contributed by atoms with Gasteiger partial charge in [-0.25, -0.2) is 4.79 Å². The molecule has 15 heavy (non-hydrogen) atoms. The van der Waals surface area contributed by atoms with Crippen LogP contribution in [0.5, 0.6) is 5.88 Å². The summed E-state index contributed by atoms with van der Waals surface area (Å²) in [6.07, 6.45) is -1.45. The highest BCUT2D eigenvalue weighted by Gasteiger charge is 2.21. The van der Waals surface area contributed by atoms with Crippen LogP contribution in [0.2, 0.25) is 0 Å². The number of rotatable bonds is 4. The number of nitrogens with zero attached hydrogens (tertiary/aromatic N) is 2. The van der Waals surface area contributed by atoms with Crippen LogP contribution < -0.4 is 10.3 Å². The highest BCUT2D eigenvalue weighted by molar-refractivity contribution is 5.70. The van der Waals surface area contributed by atoms with Crippen LogP contribution in [-0.2, 0) is 9.53 Å². The summed E-state index contributed by atoms with van der Waals surface area (Å²) in [6, 6.07) is 2.49. The van der Waals surface area contributed by atoms with Gasteiger partial charge in [-0.3, -0.25) is 4.79 Å². The average molecular weight is 214 g/mol. The fourth-order valence-electron chi connectivity index (χ4n) is 0.990. The first-order chi connectivity index (χ1) is 7.10. The largest absolute Gasteiger partial charge is 0.480 e. The zero-order valence-corrected chi connectivity index (χ0v) is 8.21. The number of aliphatic carboxylic acids is 1. The molecule has 0 saturated heterocycles. The van der Waals surface area contributed by atoms with Crippen LogP contribution in [-0.4, -0.2) is 35.1 Å². The van der Waals surface area contributed by atoms with Gasteiger partial charge in [0.1, 0.15) is 0 Å². The second-order valence-corrected chi connectivity index (χ2v) is 2.58. The Labute approximate surface area is 84.9 Å². The predicted octanol–water partition coefficient (Wildman–Crippen LogP) is -0.519. The topological polar surface area (TPSA) is 90.7 Å². The number of ether oxygens (including phenoxy) is 2. The van der Waals surface area contributed by atoms with E-state index in [-0.39, 0.29) is 5.88 Å². The summed E-state index contributed by atoms with van der Waals surface area (Å²) < 4.78 is 10.1. The lowest BCUT2D eigenvalue weighted by Crippen LogP contribution is -2.32. The molecule has 0 amide bonds. The normalized spacial score (nSPS) is 12.1. The van der Waals surface area contributed by atoms with E-state index in [0.29, 0.717) is 4.68 Å². The van der Waals surface area contributed by atoms with E-state index in [2.05, 4.69) is 9.84 Å². The molecule has 1 aromatic rings. The zero-order chi connectivity index (χ0) is 11.4. The highest BCUT2D eigenvalue weighted by Crippen LogP contribution is 2.06. The van der Waals surface area contributed by atoms with Crippen LogP contribution in [0.1, 0.15) is 6.23 Å². The molecule has 1 atom stereocenters. The number of aromatic nitrogens is 2. The van der Waals surface area contributed by atoms with Gasteiger partial charge in [0.15, 0.2) is 0 Å². The van der Waals surface area contributed by atoms with Gasteiger partial charge in [0.2, 0.25) is 5.88 Å². The second kappa shape index (κ2) is 4.56. The lowest BCUT2D eigenvalue weighted by molar-refractivity contribution is -0.155. The summed E-state index contributed by atoms with van der Waals surface area (Å²) in [4.78, 5) is 22.0. The number of hydrogen-bond donors (Lipinski definition) is 1. The van der Waals surface area contributed by atoms with Crippen molar-refractivity contribution in [2.45, 2.75) is 6.23 Å². The maximum atomic E-state index is 11.3. The van der Waals surface area contributed by atoms with Gasteiger partial charge in [-0.1, -0.05) is 0 Å². The van der Waals surface area contributed by atoms with E-state index in [0.717, 1.165) is 6.07 Å². The Balaban J connectivity index is 3.21. The molecule has 0 aliphatic carbocycles. The van der Waals surface area contributed by atoms with Gasteiger partial charge in [0.05, 0.1) is 7.11 Å². The third-order valence-electron chi connectivity index (χ3n) is 1.67. The Hall–Kier alpha value is -1.89. The van der Waals surface area contributed by atoms with Gasteiger partial charge < -0.3 is 14.6 Å². The second-order valence-electron chi connectivity index (χ2n) is 2.58. The molecule has 1 N–H and O–H groups in total. The molecule has 7 heteroatoms. The molecule has 82 valence electrons. The van der Waals surface area contributed by atoms with Gasteiger partial charge in [-0.05, 0) is 0 Å². The van der Waals surface area contributed by atoms with Crippen molar-refractivity contribution in [3.8, 4) is 5.88 Å². The van der Waals surface area contributed by atoms with E-state index in [1.165, 1.54) is 20.3 Å². The molecule has 0 fully saturated rings. The first-order valence-corrected chi connectivity index (χ1v) is 3.99. The maximum Gasteiger partial charge on any atom is 0.356 e. The summed E-state index contributed by atoms with van der Waals surface area (Å²) in [7, 11) is 2.53. The lowest BCUT2D eigenvalue weighted by Gasteiger charge is -2.12. The van der Waals surface area contributed by atoms with Gasteiger partial charge in [0.25, 0.3) is 11.8 Å². The molecule has 0 aliphatic heterocycles. The fourth-order valence-corrected chi connectivity index (χ4v) is 0.990. The molecule has 0 spiro atoms. The molecule has 1 aromatic heterocycles. The van der Waals surface area contributed by atoms with E-state index in [4.69, 9.17) is 9.84 Å². The minimum Gasteiger partial charge on any atom is -0.480 e. The Kier molecular flexibility index (Phi) is 3.40. The number of carboxylic acid groups (broad SMARTS) is 1. The molecule has 0 radical (unpaired) electrons. The number of hydrogen-bond acceptors (Lipinski definition) is 5. The van der Waals surface area contributed by atoms with Crippen molar-refractivity contribution >= 4 is 5.97 Å². The Bertz CT molecular complexity index is 414. The number of carbonyl (C=O) groups is 1. The molecule has 0 saturated carbocycles. The SMILES string of the molecule is COc1ccc(=O)n(C(OC)C(=O)O)n1. The van der Waals surface area contributed by atoms with E-state index in [9.17, 15) is 9.59 Å². The van der Waals surface area contributed by atoms with Gasteiger partial charge in [-0.2, -0.15) is 4.68 Å². The van der Waals surface area contributed by atoms with Crippen molar-refractivity contribution in [3.05, 3.63) is 22.5 Å². The Morgan fingerprint density at radius 3 is 2.67 bits per heavy atom. The summed E-state index contributed by atoms with van der Waals surface area (Å²) in [5.74, 6) is -1.17. The quantitative estimate of drug-likeness (QED) is 0.725. The van der Waals surface area contributed by atoms with E-state index in [1.807, 2.05) is 0 Å². The highest BCUT2D eigenvalue weighted by atomic mass is 16.5. The van der Waals surface area contributed by atoms with Crippen LogP contribution >= 0.6 is 0 Å². The average Bonchev–Trinajstić information content (AvgIpc) is 2.21. The molecule has 1 heterocycles. The summed E-state index contributed by atoms with van der Waals surface area (Å²) in [5.41, 5.74) is -0.579. The van der Waals surface area contributed by atoms with Crippen LogP contribution in [0.15, 0.2) is 16.9 Å². The number of carboxylic acids is 1. The third kappa shape index (κ3) is 2.32. The third-order valence-corrected chi connectivity index (χ3v) is 1.67. The molecule has 0 aromatic carbocycles. The monoisotopic (exact) mass is 214 g/mol. The smallest absolute Gasteiger partial charge is 0.356 e. The molecule has 0 aliphatic rings. The first-order valence-electron chi connectivity index (χ1n) is 3.99. The fraction of sp³-hybridized carbons (Fsp3) is 0.375. The summed E-state index contributed by atoms with van der Waals surface area (Å²) >= 11 is 0. The zero-order valence-electron chi connectivity index (χ0n) is 8.21. The van der Waals surface area contributed by atoms with Crippen molar-refractivity contribution in [1.29, 1.82) is 0 Å². The van der Waals surface area contributed by atoms with Crippen molar-refractivity contribution < 1.29 is 19.4 Å². The van der Waals surface area contributed by atoms with Crippen LogP contribution in [0.25, 0.3) is 0 Å². The summed E-state index contributed by atoms with van der Waals surface area (Å²) in [5, 5.41) is 12.4. The number of methoxy groups -OCH3 is 2. The Morgan fingerprint density at radius 1 is 1.53 bits per heavy atom. The van der Waals surface area contributed by atoms with Crippen molar-refractivity contribution in [1.82, 2.24) is 9.78 Å². The van der Waals surface area contributed by atoms with E-state index < -0.39 is 17.8 Å². The van der Waals surface area contributed by atoms with E-state index in [1.54, 1.807) is 0 Å². The van der Waals surface area contributed by atoms with Crippen LogP contribution in [0, 0.1) is 0 Å². The molecular formula is C8H10N2O5. The van der Waals surface area contributed by atoms with Gasteiger partial charge in [-0.15, -0.1) is 5.10 Å². The van der Waals surface area contributed by atoms with Crippen molar-refractivity contribution in [2.75, 3.05) is 14.2 Å². The van der Waals surface area contributed by atoms with Crippen LogP contribution in [0.4, 0.5) is 0 Å². The lowest BCUT2D eigenvalue weighted by atomic mass is 10.5. The standard InChI is InChI=1S/C8H10N2O5/c1-14-5-3-4-6(11)10(9-5)7(15-2)8(12)13/h3-4,7H,1-2H3,(H,12,13). The minimum atomic E-state index is -1.45. The molecule has 0 bridgehead atoms. The first kappa shape index (κ1) is 11.2. The van der Waals surface area contributed by atoms with Gasteiger partial charge >= 0.3 is 5.97 Å².